The van der Waals surface area contributed by atoms with Gasteiger partial charge in [-0.2, -0.15) is 0 Å². The third kappa shape index (κ3) is 2.54. The molecule has 0 saturated carbocycles. The minimum Gasteiger partial charge on any atom is -0.353 e. The van der Waals surface area contributed by atoms with Crippen LogP contribution in [0.4, 0.5) is 10.2 Å². The van der Waals surface area contributed by atoms with Crippen LogP contribution in [-0.2, 0) is 5.88 Å². The van der Waals surface area contributed by atoms with Crippen LogP contribution >= 0.6 is 11.6 Å². The normalized spacial score (nSPS) is 20.3. The van der Waals surface area contributed by atoms with Crippen molar-refractivity contribution in [3.63, 3.8) is 0 Å². The van der Waals surface area contributed by atoms with Crippen LogP contribution in [0.2, 0.25) is 0 Å². The van der Waals surface area contributed by atoms with Gasteiger partial charge in [-0.05, 0) is 24.8 Å². The lowest BCUT2D eigenvalue weighted by Gasteiger charge is -2.30. The molecule has 0 aliphatic carbocycles. The molecule has 1 aliphatic heterocycles. The first-order valence-electron chi connectivity index (χ1n) is 6.10. The van der Waals surface area contributed by atoms with Crippen molar-refractivity contribution >= 4 is 17.4 Å². The highest BCUT2D eigenvalue weighted by molar-refractivity contribution is 6.17. The Morgan fingerprint density at radius 2 is 2.35 bits per heavy atom. The van der Waals surface area contributed by atoms with E-state index in [2.05, 4.69) is 23.7 Å². The van der Waals surface area contributed by atoms with Crippen LogP contribution in [0.1, 0.15) is 32.3 Å². The van der Waals surface area contributed by atoms with E-state index in [-0.39, 0.29) is 5.82 Å². The van der Waals surface area contributed by atoms with Gasteiger partial charge in [0.05, 0.1) is 12.1 Å². The number of rotatable bonds is 3. The van der Waals surface area contributed by atoms with Crippen LogP contribution in [0.3, 0.4) is 0 Å². The third-order valence-electron chi connectivity index (χ3n) is 3.39. The zero-order valence-corrected chi connectivity index (χ0v) is 11.0. The number of pyridine rings is 1. The zero-order valence-electron chi connectivity index (χ0n) is 10.3. The largest absolute Gasteiger partial charge is 0.353 e. The summed E-state index contributed by atoms with van der Waals surface area (Å²) < 4.78 is 13.1. The van der Waals surface area contributed by atoms with E-state index in [0.29, 0.717) is 17.8 Å². The molecule has 2 rings (SSSR count). The summed E-state index contributed by atoms with van der Waals surface area (Å²) >= 11 is 5.88. The van der Waals surface area contributed by atoms with Crippen LogP contribution in [-0.4, -0.2) is 17.6 Å². The fourth-order valence-electron chi connectivity index (χ4n) is 2.58. The van der Waals surface area contributed by atoms with Crippen LogP contribution in [0.15, 0.2) is 12.3 Å². The highest BCUT2D eigenvalue weighted by Gasteiger charge is 2.29. The maximum Gasteiger partial charge on any atom is 0.141 e. The van der Waals surface area contributed by atoms with Crippen molar-refractivity contribution < 1.29 is 4.39 Å². The topological polar surface area (TPSA) is 16.1 Å². The molecule has 17 heavy (non-hydrogen) atoms. The van der Waals surface area contributed by atoms with Gasteiger partial charge in [0.2, 0.25) is 0 Å². The van der Waals surface area contributed by atoms with Gasteiger partial charge in [-0.1, -0.05) is 13.8 Å². The number of aromatic nitrogens is 1. The first kappa shape index (κ1) is 12.6. The van der Waals surface area contributed by atoms with Gasteiger partial charge in [-0.3, -0.25) is 0 Å². The molecule has 94 valence electrons. The van der Waals surface area contributed by atoms with E-state index in [4.69, 9.17) is 11.6 Å². The van der Waals surface area contributed by atoms with Crippen molar-refractivity contribution in [2.24, 2.45) is 5.92 Å². The Morgan fingerprint density at radius 1 is 1.59 bits per heavy atom. The average molecular weight is 257 g/mol. The molecular formula is C13H18ClFN2. The molecule has 4 heteroatoms. The Morgan fingerprint density at radius 3 is 3.00 bits per heavy atom. The van der Waals surface area contributed by atoms with Gasteiger partial charge >= 0.3 is 0 Å². The molecule has 2 nitrogen and oxygen atoms in total. The SMILES string of the molecule is CC(C)C1CCCN1c1ncc(F)cc1CCl. The average Bonchev–Trinajstić information content (AvgIpc) is 2.77. The van der Waals surface area contributed by atoms with Gasteiger partial charge in [0.15, 0.2) is 0 Å². The number of hydrogen-bond acceptors (Lipinski definition) is 2. The van der Waals surface area contributed by atoms with Gasteiger partial charge in [-0.15, -0.1) is 11.6 Å². The maximum atomic E-state index is 13.1. The van der Waals surface area contributed by atoms with Crippen molar-refractivity contribution in [3.8, 4) is 0 Å². The first-order chi connectivity index (χ1) is 8.13. The molecule has 0 aromatic carbocycles. The summed E-state index contributed by atoms with van der Waals surface area (Å²) in [5.74, 6) is 1.43. The van der Waals surface area contributed by atoms with Crippen LogP contribution < -0.4 is 4.90 Å². The molecule has 1 aliphatic rings. The lowest BCUT2D eigenvalue weighted by Crippen LogP contribution is -2.34. The molecule has 0 radical (unpaired) electrons. The molecule has 1 atom stereocenters. The number of nitrogens with zero attached hydrogens (tertiary/aromatic N) is 2. The van der Waals surface area contributed by atoms with E-state index in [1.54, 1.807) is 0 Å². The van der Waals surface area contributed by atoms with E-state index in [0.717, 1.165) is 17.9 Å². The van der Waals surface area contributed by atoms with Crippen molar-refractivity contribution in [2.75, 3.05) is 11.4 Å². The highest BCUT2D eigenvalue weighted by Crippen LogP contribution is 2.31. The minimum absolute atomic E-state index is 0.307. The van der Waals surface area contributed by atoms with Gasteiger partial charge in [0, 0.05) is 18.2 Å². The second kappa shape index (κ2) is 5.21. The Hall–Kier alpha value is -0.830. The summed E-state index contributed by atoms with van der Waals surface area (Å²) in [7, 11) is 0. The van der Waals surface area contributed by atoms with E-state index >= 15 is 0 Å². The smallest absolute Gasteiger partial charge is 0.141 e. The standard InChI is InChI=1S/C13H18ClFN2/c1-9(2)12-4-3-5-17(12)13-10(7-14)6-11(15)8-16-13/h6,8-9,12H,3-5,7H2,1-2H3. The predicted molar refractivity (Wildman–Crippen MR) is 69.0 cm³/mol. The van der Waals surface area contributed by atoms with Crippen LogP contribution in [0, 0.1) is 11.7 Å². The highest BCUT2D eigenvalue weighted by atomic mass is 35.5. The summed E-state index contributed by atoms with van der Waals surface area (Å²) in [6.45, 7) is 5.42. The fourth-order valence-corrected chi connectivity index (χ4v) is 2.78. The van der Waals surface area contributed by atoms with E-state index in [9.17, 15) is 4.39 Å². The quantitative estimate of drug-likeness (QED) is 0.769. The van der Waals surface area contributed by atoms with E-state index in [1.807, 2.05) is 0 Å². The molecular weight excluding hydrogens is 239 g/mol. The molecule has 0 spiro atoms. The Balaban J connectivity index is 2.32. The van der Waals surface area contributed by atoms with Crippen molar-refractivity contribution in [1.82, 2.24) is 4.98 Å². The summed E-state index contributed by atoms with van der Waals surface area (Å²) in [5, 5.41) is 0. The van der Waals surface area contributed by atoms with Crippen molar-refractivity contribution in [3.05, 3.63) is 23.6 Å². The number of alkyl halides is 1. The number of halogens is 2. The van der Waals surface area contributed by atoms with Crippen LogP contribution in [0.25, 0.3) is 0 Å². The number of hydrogen-bond donors (Lipinski definition) is 0. The van der Waals surface area contributed by atoms with Gasteiger partial charge < -0.3 is 4.90 Å². The lowest BCUT2D eigenvalue weighted by atomic mass is 10.0. The maximum absolute atomic E-state index is 13.1. The van der Waals surface area contributed by atoms with Gasteiger partial charge in [-0.25, -0.2) is 9.37 Å². The third-order valence-corrected chi connectivity index (χ3v) is 3.68. The summed E-state index contributed by atoms with van der Waals surface area (Å²) in [6.07, 6.45) is 3.63. The van der Waals surface area contributed by atoms with Crippen LogP contribution in [0.5, 0.6) is 0 Å². The summed E-state index contributed by atoms with van der Waals surface area (Å²) in [5.41, 5.74) is 0.791. The molecule has 0 bridgehead atoms. The minimum atomic E-state index is -0.315. The van der Waals surface area contributed by atoms with Crippen molar-refractivity contribution in [1.29, 1.82) is 0 Å². The second-order valence-corrected chi connectivity index (χ2v) is 5.18. The molecule has 2 heterocycles. The predicted octanol–water partition coefficient (Wildman–Crippen LogP) is 3.58. The molecule has 1 unspecified atom stereocenters. The van der Waals surface area contributed by atoms with E-state index in [1.165, 1.54) is 25.1 Å². The number of anilines is 1. The van der Waals surface area contributed by atoms with E-state index < -0.39 is 0 Å². The molecule has 1 aromatic heterocycles. The second-order valence-electron chi connectivity index (χ2n) is 4.92. The van der Waals surface area contributed by atoms with Gasteiger partial charge in [0.25, 0.3) is 0 Å². The molecule has 0 amide bonds. The lowest BCUT2D eigenvalue weighted by molar-refractivity contribution is 0.488. The molecule has 1 fully saturated rings. The van der Waals surface area contributed by atoms with Gasteiger partial charge in [0.1, 0.15) is 11.6 Å². The Bertz CT molecular complexity index is 395. The fraction of sp³-hybridized carbons (Fsp3) is 0.615. The summed E-state index contributed by atoms with van der Waals surface area (Å²) in [4.78, 5) is 6.51. The zero-order chi connectivity index (χ0) is 12.4. The first-order valence-corrected chi connectivity index (χ1v) is 6.64. The summed E-state index contributed by atoms with van der Waals surface area (Å²) in [6, 6.07) is 1.99. The molecule has 1 saturated heterocycles. The van der Waals surface area contributed by atoms with Crippen molar-refractivity contribution in [2.45, 2.75) is 38.6 Å². The molecule has 0 N–H and O–H groups in total. The Kier molecular flexibility index (Phi) is 3.87. The monoisotopic (exact) mass is 256 g/mol. The Labute approximate surface area is 107 Å². The molecule has 1 aromatic rings.